The molecule has 16 heavy (non-hydrogen) atoms. The van der Waals surface area contributed by atoms with E-state index in [4.69, 9.17) is 22.1 Å². The predicted molar refractivity (Wildman–Crippen MR) is 66.5 cm³/mol. The van der Waals surface area contributed by atoms with E-state index < -0.39 is 0 Å². The summed E-state index contributed by atoms with van der Waals surface area (Å²) in [7, 11) is 0. The number of ether oxygens (including phenoxy) is 1. The fourth-order valence-electron chi connectivity index (χ4n) is 2.17. The first-order chi connectivity index (χ1) is 7.74. The quantitative estimate of drug-likeness (QED) is 0.880. The third kappa shape index (κ3) is 3.48. The average molecular weight is 240 g/mol. The summed E-state index contributed by atoms with van der Waals surface area (Å²) in [4.78, 5) is 0. The van der Waals surface area contributed by atoms with Gasteiger partial charge in [-0.1, -0.05) is 23.7 Å². The lowest BCUT2D eigenvalue weighted by atomic mass is 9.93. The second-order valence-electron chi connectivity index (χ2n) is 4.49. The largest absolute Gasteiger partial charge is 0.373 e. The van der Waals surface area contributed by atoms with Crippen LogP contribution in [-0.4, -0.2) is 12.1 Å². The van der Waals surface area contributed by atoms with Crippen molar-refractivity contribution in [1.82, 2.24) is 0 Å². The van der Waals surface area contributed by atoms with Crippen LogP contribution in [0.3, 0.4) is 0 Å². The Morgan fingerprint density at radius 3 is 3.00 bits per heavy atom. The Morgan fingerprint density at radius 2 is 2.25 bits per heavy atom. The highest BCUT2D eigenvalue weighted by atomic mass is 35.5. The molecule has 1 aliphatic carbocycles. The van der Waals surface area contributed by atoms with E-state index in [2.05, 4.69) is 0 Å². The predicted octanol–water partition coefficient (Wildman–Crippen LogP) is 3.13. The van der Waals surface area contributed by atoms with E-state index in [0.29, 0.717) is 18.8 Å². The van der Waals surface area contributed by atoms with Crippen molar-refractivity contribution in [2.24, 2.45) is 5.73 Å². The van der Waals surface area contributed by atoms with Gasteiger partial charge < -0.3 is 10.5 Å². The maximum Gasteiger partial charge on any atom is 0.0721 e. The van der Waals surface area contributed by atoms with Crippen LogP contribution in [0.25, 0.3) is 0 Å². The van der Waals surface area contributed by atoms with Gasteiger partial charge in [0.2, 0.25) is 0 Å². The molecule has 2 nitrogen and oxygen atoms in total. The van der Waals surface area contributed by atoms with Gasteiger partial charge >= 0.3 is 0 Å². The van der Waals surface area contributed by atoms with Gasteiger partial charge in [0, 0.05) is 11.1 Å². The van der Waals surface area contributed by atoms with E-state index in [1.807, 2.05) is 24.3 Å². The van der Waals surface area contributed by atoms with Gasteiger partial charge in [0.25, 0.3) is 0 Å². The normalized spacial score (nSPS) is 25.6. The Labute approximate surface area is 102 Å². The lowest BCUT2D eigenvalue weighted by Gasteiger charge is -2.26. The topological polar surface area (TPSA) is 35.2 Å². The van der Waals surface area contributed by atoms with Gasteiger partial charge in [-0.2, -0.15) is 0 Å². The van der Waals surface area contributed by atoms with E-state index in [1.165, 1.54) is 6.42 Å². The van der Waals surface area contributed by atoms with Crippen LogP contribution in [0.2, 0.25) is 5.02 Å². The van der Waals surface area contributed by atoms with Gasteiger partial charge in [0.1, 0.15) is 0 Å². The third-order valence-corrected chi connectivity index (χ3v) is 3.28. The van der Waals surface area contributed by atoms with E-state index in [1.54, 1.807) is 0 Å². The number of nitrogens with two attached hydrogens (primary N) is 1. The molecule has 2 rings (SSSR count). The van der Waals surface area contributed by atoms with Crippen molar-refractivity contribution in [2.45, 2.75) is 44.4 Å². The van der Waals surface area contributed by atoms with Crippen molar-refractivity contribution in [3.63, 3.8) is 0 Å². The number of rotatable bonds is 3. The minimum Gasteiger partial charge on any atom is -0.373 e. The Bertz CT molecular complexity index is 342. The van der Waals surface area contributed by atoms with Gasteiger partial charge in [0.05, 0.1) is 12.7 Å². The molecule has 0 aliphatic heterocycles. The molecule has 1 aromatic rings. The molecule has 3 heteroatoms. The molecule has 0 radical (unpaired) electrons. The Hall–Kier alpha value is -0.570. The van der Waals surface area contributed by atoms with Crippen molar-refractivity contribution in [2.75, 3.05) is 0 Å². The van der Waals surface area contributed by atoms with Gasteiger partial charge in [-0.25, -0.2) is 0 Å². The van der Waals surface area contributed by atoms with Gasteiger partial charge in [-0.05, 0) is 43.4 Å². The van der Waals surface area contributed by atoms with Crippen LogP contribution in [0.4, 0.5) is 0 Å². The summed E-state index contributed by atoms with van der Waals surface area (Å²) in [6.07, 6.45) is 4.76. The van der Waals surface area contributed by atoms with Crippen LogP contribution >= 0.6 is 11.6 Å². The smallest absolute Gasteiger partial charge is 0.0721 e. The van der Waals surface area contributed by atoms with E-state index in [9.17, 15) is 0 Å². The number of halogens is 1. The lowest BCUT2D eigenvalue weighted by Crippen LogP contribution is -2.32. The highest BCUT2D eigenvalue weighted by Gasteiger charge is 2.19. The molecule has 0 saturated heterocycles. The monoisotopic (exact) mass is 239 g/mol. The summed E-state index contributed by atoms with van der Waals surface area (Å²) in [5.41, 5.74) is 7.05. The molecule has 2 unspecified atom stereocenters. The average Bonchev–Trinajstić information content (AvgIpc) is 2.27. The van der Waals surface area contributed by atoms with Crippen LogP contribution < -0.4 is 5.73 Å². The molecule has 2 N–H and O–H groups in total. The highest BCUT2D eigenvalue weighted by Crippen LogP contribution is 2.21. The Morgan fingerprint density at radius 1 is 1.38 bits per heavy atom. The zero-order valence-corrected chi connectivity index (χ0v) is 10.1. The minimum atomic E-state index is 0.318. The molecule has 0 spiro atoms. The SMILES string of the molecule is NC1CCCC(OCc2cccc(Cl)c2)C1. The lowest BCUT2D eigenvalue weighted by molar-refractivity contribution is 0.0123. The van der Waals surface area contributed by atoms with Crippen molar-refractivity contribution >= 4 is 11.6 Å². The first-order valence-electron chi connectivity index (χ1n) is 5.85. The van der Waals surface area contributed by atoms with Crippen molar-refractivity contribution in [1.29, 1.82) is 0 Å². The first-order valence-corrected chi connectivity index (χ1v) is 6.23. The molecule has 1 saturated carbocycles. The summed E-state index contributed by atoms with van der Waals surface area (Å²) in [5.74, 6) is 0. The van der Waals surface area contributed by atoms with Crippen LogP contribution in [-0.2, 0) is 11.3 Å². The first kappa shape index (κ1) is 11.9. The van der Waals surface area contributed by atoms with E-state index >= 15 is 0 Å². The third-order valence-electron chi connectivity index (χ3n) is 3.04. The summed E-state index contributed by atoms with van der Waals surface area (Å²) in [6, 6.07) is 8.13. The molecule has 0 amide bonds. The Balaban J connectivity index is 1.82. The van der Waals surface area contributed by atoms with Crippen LogP contribution in [0.15, 0.2) is 24.3 Å². The molecular formula is C13H18ClNO. The number of benzene rings is 1. The fraction of sp³-hybridized carbons (Fsp3) is 0.538. The van der Waals surface area contributed by atoms with Crippen LogP contribution in [0, 0.1) is 0 Å². The molecule has 0 bridgehead atoms. The summed E-state index contributed by atoms with van der Waals surface area (Å²) in [6.45, 7) is 0.637. The zero-order chi connectivity index (χ0) is 11.4. The maximum absolute atomic E-state index is 5.92. The Kier molecular flexibility index (Phi) is 4.22. The van der Waals surface area contributed by atoms with Gasteiger partial charge in [0.15, 0.2) is 0 Å². The summed E-state index contributed by atoms with van der Waals surface area (Å²) < 4.78 is 5.86. The molecule has 1 aromatic carbocycles. The van der Waals surface area contributed by atoms with Crippen molar-refractivity contribution < 1.29 is 4.74 Å². The second-order valence-corrected chi connectivity index (χ2v) is 4.93. The molecule has 1 fully saturated rings. The van der Waals surface area contributed by atoms with E-state index in [-0.39, 0.29) is 0 Å². The van der Waals surface area contributed by atoms with Crippen LogP contribution in [0.1, 0.15) is 31.2 Å². The molecule has 1 aliphatic rings. The van der Waals surface area contributed by atoms with Crippen molar-refractivity contribution in [3.8, 4) is 0 Å². The van der Waals surface area contributed by atoms with Gasteiger partial charge in [-0.3, -0.25) is 0 Å². The number of hydrogen-bond acceptors (Lipinski definition) is 2. The standard InChI is InChI=1S/C13H18ClNO/c14-11-4-1-3-10(7-11)9-16-13-6-2-5-12(15)8-13/h1,3-4,7,12-13H,2,5-6,8-9,15H2. The van der Waals surface area contributed by atoms with Crippen molar-refractivity contribution in [3.05, 3.63) is 34.9 Å². The highest BCUT2D eigenvalue weighted by molar-refractivity contribution is 6.30. The second kappa shape index (κ2) is 5.67. The molecule has 0 aromatic heterocycles. The maximum atomic E-state index is 5.92. The number of hydrogen-bond donors (Lipinski definition) is 1. The van der Waals surface area contributed by atoms with E-state index in [0.717, 1.165) is 29.8 Å². The molecule has 88 valence electrons. The molecular weight excluding hydrogens is 222 g/mol. The molecule has 2 atom stereocenters. The summed E-state index contributed by atoms with van der Waals surface area (Å²) >= 11 is 5.91. The minimum absolute atomic E-state index is 0.318. The summed E-state index contributed by atoms with van der Waals surface area (Å²) in [5, 5.41) is 0.765. The van der Waals surface area contributed by atoms with Crippen LogP contribution in [0.5, 0.6) is 0 Å². The fourth-order valence-corrected chi connectivity index (χ4v) is 2.39. The molecule has 0 heterocycles. The van der Waals surface area contributed by atoms with Gasteiger partial charge in [-0.15, -0.1) is 0 Å². The zero-order valence-electron chi connectivity index (χ0n) is 9.36.